The monoisotopic (exact) mass is 167 g/mol. The largest absolute Gasteiger partial charge is 0.244 e. The number of halogens is 1. The standard InChI is InChI=1S/C9H10ClN/c1-6-4-5-11-9(10)8(6)7-2-3-7/h4-5,7H,2-3H2,1H3. The third-order valence-electron chi connectivity index (χ3n) is 2.15. The van der Waals surface area contributed by atoms with Crippen LogP contribution in [0, 0.1) is 6.92 Å². The van der Waals surface area contributed by atoms with Gasteiger partial charge in [0.2, 0.25) is 0 Å². The van der Waals surface area contributed by atoms with Gasteiger partial charge in [-0.2, -0.15) is 0 Å². The van der Waals surface area contributed by atoms with E-state index in [2.05, 4.69) is 11.9 Å². The van der Waals surface area contributed by atoms with Crippen LogP contribution in [0.3, 0.4) is 0 Å². The molecule has 0 atom stereocenters. The Labute approximate surface area is 71.4 Å². The average Bonchev–Trinajstić information content (AvgIpc) is 2.70. The predicted octanol–water partition coefficient (Wildman–Crippen LogP) is 2.92. The Morgan fingerprint density at radius 2 is 2.27 bits per heavy atom. The van der Waals surface area contributed by atoms with Gasteiger partial charge >= 0.3 is 0 Å². The van der Waals surface area contributed by atoms with E-state index in [-0.39, 0.29) is 0 Å². The van der Waals surface area contributed by atoms with Crippen molar-refractivity contribution < 1.29 is 0 Å². The second kappa shape index (κ2) is 2.49. The third kappa shape index (κ3) is 1.25. The SMILES string of the molecule is Cc1ccnc(Cl)c1C1CC1. The van der Waals surface area contributed by atoms with Crippen LogP contribution in [0.2, 0.25) is 5.15 Å². The zero-order valence-corrected chi connectivity index (χ0v) is 7.23. The molecule has 2 rings (SSSR count). The van der Waals surface area contributed by atoms with E-state index < -0.39 is 0 Å². The van der Waals surface area contributed by atoms with Crippen LogP contribution >= 0.6 is 11.6 Å². The van der Waals surface area contributed by atoms with Gasteiger partial charge in [-0.15, -0.1) is 0 Å². The molecule has 0 aromatic carbocycles. The first kappa shape index (κ1) is 7.11. The second-order valence-electron chi connectivity index (χ2n) is 3.11. The first-order valence-corrected chi connectivity index (χ1v) is 4.28. The summed E-state index contributed by atoms with van der Waals surface area (Å²) < 4.78 is 0. The summed E-state index contributed by atoms with van der Waals surface area (Å²) in [6.07, 6.45) is 4.34. The summed E-state index contributed by atoms with van der Waals surface area (Å²) in [5.41, 5.74) is 2.56. The molecule has 0 saturated heterocycles. The molecule has 0 amide bonds. The van der Waals surface area contributed by atoms with Crippen molar-refractivity contribution in [3.05, 3.63) is 28.5 Å². The van der Waals surface area contributed by atoms with Gasteiger partial charge in [0.1, 0.15) is 5.15 Å². The number of aryl methyl sites for hydroxylation is 1. The van der Waals surface area contributed by atoms with Crippen LogP contribution in [0.15, 0.2) is 12.3 Å². The minimum absolute atomic E-state index is 0.701. The molecule has 58 valence electrons. The fraction of sp³-hybridized carbons (Fsp3) is 0.444. The van der Waals surface area contributed by atoms with Crippen molar-refractivity contribution in [3.63, 3.8) is 0 Å². The van der Waals surface area contributed by atoms with Crippen molar-refractivity contribution in [2.75, 3.05) is 0 Å². The molecule has 1 saturated carbocycles. The summed E-state index contributed by atoms with van der Waals surface area (Å²) in [5.74, 6) is 0.705. The molecule has 0 spiro atoms. The van der Waals surface area contributed by atoms with E-state index in [9.17, 15) is 0 Å². The van der Waals surface area contributed by atoms with E-state index in [1.54, 1.807) is 6.20 Å². The molecule has 1 aromatic rings. The van der Waals surface area contributed by atoms with Crippen LogP contribution < -0.4 is 0 Å². The lowest BCUT2D eigenvalue weighted by atomic mass is 10.1. The molecule has 1 aromatic heterocycles. The topological polar surface area (TPSA) is 12.9 Å². The third-order valence-corrected chi connectivity index (χ3v) is 2.45. The molecule has 0 radical (unpaired) electrons. The van der Waals surface area contributed by atoms with Gasteiger partial charge in [0.25, 0.3) is 0 Å². The highest BCUT2D eigenvalue weighted by molar-refractivity contribution is 6.30. The summed E-state index contributed by atoms with van der Waals surface area (Å²) in [6.45, 7) is 2.10. The number of rotatable bonds is 1. The Morgan fingerprint density at radius 1 is 1.55 bits per heavy atom. The van der Waals surface area contributed by atoms with Crippen LogP contribution in [0.25, 0.3) is 0 Å². The predicted molar refractivity (Wildman–Crippen MR) is 46.0 cm³/mol. The van der Waals surface area contributed by atoms with Gasteiger partial charge in [0.15, 0.2) is 0 Å². The fourth-order valence-electron chi connectivity index (χ4n) is 1.40. The lowest BCUT2D eigenvalue weighted by Gasteiger charge is -2.03. The Hall–Kier alpha value is -0.560. The van der Waals surface area contributed by atoms with Crippen LogP contribution in [0.4, 0.5) is 0 Å². The van der Waals surface area contributed by atoms with Gasteiger partial charge in [0, 0.05) is 6.20 Å². The van der Waals surface area contributed by atoms with Gasteiger partial charge in [-0.05, 0) is 42.9 Å². The average molecular weight is 168 g/mol. The summed E-state index contributed by atoms with van der Waals surface area (Å²) in [6, 6.07) is 2.03. The molecule has 0 aliphatic heterocycles. The highest BCUT2D eigenvalue weighted by atomic mass is 35.5. The molecular formula is C9H10ClN. The normalized spacial score (nSPS) is 16.9. The zero-order chi connectivity index (χ0) is 7.84. The summed E-state index contributed by atoms with van der Waals surface area (Å²) in [5, 5.41) is 0.701. The Morgan fingerprint density at radius 3 is 2.82 bits per heavy atom. The molecule has 1 aliphatic rings. The van der Waals surface area contributed by atoms with Gasteiger partial charge in [-0.25, -0.2) is 4.98 Å². The number of hydrogen-bond acceptors (Lipinski definition) is 1. The van der Waals surface area contributed by atoms with E-state index in [0.717, 1.165) is 0 Å². The highest BCUT2D eigenvalue weighted by Crippen LogP contribution is 2.43. The minimum atomic E-state index is 0.701. The maximum Gasteiger partial charge on any atom is 0.132 e. The lowest BCUT2D eigenvalue weighted by Crippen LogP contribution is -1.89. The number of nitrogens with zero attached hydrogens (tertiary/aromatic N) is 1. The summed E-state index contributed by atoms with van der Waals surface area (Å²) >= 11 is 5.95. The molecule has 0 bridgehead atoms. The molecule has 11 heavy (non-hydrogen) atoms. The molecule has 2 heteroatoms. The molecular weight excluding hydrogens is 158 g/mol. The van der Waals surface area contributed by atoms with E-state index in [0.29, 0.717) is 11.1 Å². The Balaban J connectivity index is 2.48. The van der Waals surface area contributed by atoms with Crippen molar-refractivity contribution in [2.24, 2.45) is 0 Å². The molecule has 0 N–H and O–H groups in total. The van der Waals surface area contributed by atoms with Crippen LogP contribution in [0.5, 0.6) is 0 Å². The van der Waals surface area contributed by atoms with Crippen molar-refractivity contribution >= 4 is 11.6 Å². The highest BCUT2D eigenvalue weighted by Gasteiger charge is 2.27. The number of hydrogen-bond donors (Lipinski definition) is 0. The molecule has 1 heterocycles. The Kier molecular flexibility index (Phi) is 1.61. The zero-order valence-electron chi connectivity index (χ0n) is 6.47. The maximum absolute atomic E-state index is 5.95. The van der Waals surface area contributed by atoms with E-state index in [1.165, 1.54) is 24.0 Å². The fourth-order valence-corrected chi connectivity index (χ4v) is 1.76. The van der Waals surface area contributed by atoms with Crippen molar-refractivity contribution in [1.29, 1.82) is 0 Å². The quantitative estimate of drug-likeness (QED) is 0.587. The van der Waals surface area contributed by atoms with Crippen molar-refractivity contribution in [3.8, 4) is 0 Å². The van der Waals surface area contributed by atoms with Gasteiger partial charge in [-0.1, -0.05) is 11.6 Å². The smallest absolute Gasteiger partial charge is 0.132 e. The van der Waals surface area contributed by atoms with Crippen LogP contribution in [-0.2, 0) is 0 Å². The van der Waals surface area contributed by atoms with E-state index in [1.807, 2.05) is 6.07 Å². The van der Waals surface area contributed by atoms with Gasteiger partial charge < -0.3 is 0 Å². The van der Waals surface area contributed by atoms with Crippen LogP contribution in [0.1, 0.15) is 29.9 Å². The van der Waals surface area contributed by atoms with Crippen molar-refractivity contribution in [2.45, 2.75) is 25.7 Å². The first-order valence-electron chi connectivity index (χ1n) is 3.90. The first-order chi connectivity index (χ1) is 5.29. The van der Waals surface area contributed by atoms with Gasteiger partial charge in [-0.3, -0.25) is 0 Å². The molecule has 0 unspecified atom stereocenters. The second-order valence-corrected chi connectivity index (χ2v) is 3.46. The number of aromatic nitrogens is 1. The summed E-state index contributed by atoms with van der Waals surface area (Å²) in [4.78, 5) is 4.07. The molecule has 1 nitrogen and oxygen atoms in total. The van der Waals surface area contributed by atoms with Crippen molar-refractivity contribution in [1.82, 2.24) is 4.98 Å². The summed E-state index contributed by atoms with van der Waals surface area (Å²) in [7, 11) is 0. The van der Waals surface area contributed by atoms with E-state index >= 15 is 0 Å². The maximum atomic E-state index is 5.95. The molecule has 1 aliphatic carbocycles. The molecule has 1 fully saturated rings. The van der Waals surface area contributed by atoms with Gasteiger partial charge in [0.05, 0.1) is 0 Å². The van der Waals surface area contributed by atoms with E-state index in [4.69, 9.17) is 11.6 Å². The minimum Gasteiger partial charge on any atom is -0.244 e. The number of pyridine rings is 1. The Bertz CT molecular complexity index is 259. The van der Waals surface area contributed by atoms with Crippen LogP contribution in [-0.4, -0.2) is 4.98 Å². The lowest BCUT2D eigenvalue weighted by molar-refractivity contribution is 1.06.